The van der Waals surface area contributed by atoms with Gasteiger partial charge in [0.15, 0.2) is 0 Å². The third-order valence-corrected chi connectivity index (χ3v) is 4.38. The number of aromatic nitrogens is 2. The van der Waals surface area contributed by atoms with Gasteiger partial charge in [-0.15, -0.1) is 0 Å². The summed E-state index contributed by atoms with van der Waals surface area (Å²) in [6.07, 6.45) is 5.65. The summed E-state index contributed by atoms with van der Waals surface area (Å²) >= 11 is 0. The Bertz CT molecular complexity index is 685. The zero-order valence-electron chi connectivity index (χ0n) is 14.4. The Morgan fingerprint density at radius 1 is 1.20 bits per heavy atom. The van der Waals surface area contributed by atoms with Crippen molar-refractivity contribution in [1.82, 2.24) is 14.9 Å². The minimum absolute atomic E-state index is 0.160. The first-order valence-corrected chi connectivity index (χ1v) is 8.58. The Labute approximate surface area is 147 Å². The highest BCUT2D eigenvalue weighted by Crippen LogP contribution is 2.28. The molecule has 0 saturated carbocycles. The molecule has 3 rings (SSSR count). The monoisotopic (exact) mass is 341 g/mol. The summed E-state index contributed by atoms with van der Waals surface area (Å²) in [5.74, 6) is 1.71. The number of methoxy groups -OCH3 is 1. The van der Waals surface area contributed by atoms with Crippen LogP contribution < -0.4 is 4.74 Å². The average Bonchev–Trinajstić information content (AvgIpc) is 2.67. The van der Waals surface area contributed by atoms with Gasteiger partial charge in [-0.25, -0.2) is 4.98 Å². The molecule has 0 atom stereocenters. The zero-order chi connectivity index (χ0) is 17.5. The lowest BCUT2D eigenvalue weighted by molar-refractivity contribution is -0.133. The minimum atomic E-state index is 0.160. The van der Waals surface area contributed by atoms with E-state index in [-0.39, 0.29) is 5.91 Å². The van der Waals surface area contributed by atoms with Crippen LogP contribution in [0.25, 0.3) is 0 Å². The number of carbonyl (C=O) groups excluding carboxylic acids is 1. The van der Waals surface area contributed by atoms with Gasteiger partial charge in [0.2, 0.25) is 11.8 Å². The lowest BCUT2D eigenvalue weighted by Gasteiger charge is -2.31. The maximum atomic E-state index is 12.1. The Morgan fingerprint density at radius 2 is 1.96 bits per heavy atom. The fourth-order valence-corrected chi connectivity index (χ4v) is 2.99. The van der Waals surface area contributed by atoms with Crippen molar-refractivity contribution in [3.8, 4) is 11.6 Å². The molecule has 0 N–H and O–H groups in total. The molecule has 1 amide bonds. The third-order valence-electron chi connectivity index (χ3n) is 4.38. The van der Waals surface area contributed by atoms with Crippen LogP contribution in [0.1, 0.15) is 30.9 Å². The lowest BCUT2D eigenvalue weighted by atomic mass is 9.93. The molecule has 1 fully saturated rings. The normalized spacial score (nSPS) is 15.2. The van der Waals surface area contributed by atoms with Gasteiger partial charge in [-0.3, -0.25) is 9.78 Å². The number of para-hydroxylation sites is 1. The molecule has 1 aromatic carbocycles. The molecule has 0 radical (unpaired) electrons. The van der Waals surface area contributed by atoms with E-state index in [4.69, 9.17) is 9.47 Å². The zero-order valence-corrected chi connectivity index (χ0v) is 14.4. The number of nitrogens with zero attached hydrogens (tertiary/aromatic N) is 3. The summed E-state index contributed by atoms with van der Waals surface area (Å²) < 4.78 is 10.7. The molecule has 2 aromatic rings. The summed E-state index contributed by atoms with van der Waals surface area (Å²) in [5, 5.41) is 0. The van der Waals surface area contributed by atoms with Crippen molar-refractivity contribution < 1.29 is 14.3 Å². The molecule has 6 heteroatoms. The van der Waals surface area contributed by atoms with Crippen LogP contribution in [0.15, 0.2) is 42.7 Å². The van der Waals surface area contributed by atoms with E-state index < -0.39 is 0 Å². The van der Waals surface area contributed by atoms with Crippen LogP contribution in [0, 0.1) is 0 Å². The van der Waals surface area contributed by atoms with Gasteiger partial charge in [-0.05, 0) is 25.0 Å². The van der Waals surface area contributed by atoms with Crippen molar-refractivity contribution in [2.45, 2.75) is 25.2 Å². The summed E-state index contributed by atoms with van der Waals surface area (Å²) in [7, 11) is 1.61. The van der Waals surface area contributed by atoms with E-state index >= 15 is 0 Å². The van der Waals surface area contributed by atoms with Gasteiger partial charge in [0.1, 0.15) is 5.75 Å². The number of hydrogen-bond acceptors (Lipinski definition) is 5. The lowest BCUT2D eigenvalue weighted by Crippen LogP contribution is -2.38. The number of likely N-dealkylation sites (tertiary alicyclic amines) is 1. The first kappa shape index (κ1) is 17.4. The van der Waals surface area contributed by atoms with Gasteiger partial charge in [0.25, 0.3) is 0 Å². The van der Waals surface area contributed by atoms with Crippen molar-refractivity contribution in [2.24, 2.45) is 0 Å². The second-order valence-electron chi connectivity index (χ2n) is 6.10. The quantitative estimate of drug-likeness (QED) is 0.808. The number of piperidine rings is 1. The van der Waals surface area contributed by atoms with Crippen LogP contribution in [0.3, 0.4) is 0 Å². The maximum absolute atomic E-state index is 12.1. The van der Waals surface area contributed by atoms with Crippen LogP contribution in [0.5, 0.6) is 11.6 Å². The van der Waals surface area contributed by atoms with Crippen LogP contribution in [0.2, 0.25) is 0 Å². The first-order valence-electron chi connectivity index (χ1n) is 8.58. The molecular weight excluding hydrogens is 318 g/mol. The van der Waals surface area contributed by atoms with Crippen molar-refractivity contribution in [3.63, 3.8) is 0 Å². The van der Waals surface area contributed by atoms with Crippen LogP contribution in [-0.2, 0) is 9.53 Å². The number of hydrogen-bond donors (Lipinski definition) is 0. The number of ether oxygens (including phenoxy) is 2. The predicted octanol–water partition coefficient (Wildman–Crippen LogP) is 3.01. The van der Waals surface area contributed by atoms with Gasteiger partial charge < -0.3 is 14.4 Å². The molecule has 0 bridgehead atoms. The molecule has 0 spiro atoms. The van der Waals surface area contributed by atoms with E-state index in [1.54, 1.807) is 19.5 Å². The standard InChI is InChI=1S/C19H23N3O3/c1-24-12-9-19(23)22-10-7-15(8-11-22)17-13-20-14-18(21-17)25-16-5-3-2-4-6-16/h2-6,13-15H,7-12H2,1H3. The summed E-state index contributed by atoms with van der Waals surface area (Å²) in [5.41, 5.74) is 0.928. The molecular formula is C19H23N3O3. The van der Waals surface area contributed by atoms with Gasteiger partial charge in [-0.2, -0.15) is 0 Å². The highest BCUT2D eigenvalue weighted by atomic mass is 16.5. The minimum Gasteiger partial charge on any atom is -0.437 e. The largest absolute Gasteiger partial charge is 0.437 e. The highest BCUT2D eigenvalue weighted by molar-refractivity contribution is 5.76. The summed E-state index contributed by atoms with van der Waals surface area (Å²) in [4.78, 5) is 22.8. The number of rotatable bonds is 6. The first-order chi connectivity index (χ1) is 12.3. The number of benzene rings is 1. The van der Waals surface area contributed by atoms with E-state index in [2.05, 4.69) is 9.97 Å². The molecule has 132 valence electrons. The SMILES string of the molecule is COCCC(=O)N1CCC(c2cncc(Oc3ccccc3)n2)CC1. The maximum Gasteiger partial charge on any atom is 0.238 e. The molecule has 2 heterocycles. The summed E-state index contributed by atoms with van der Waals surface area (Å²) in [6.45, 7) is 1.97. The van der Waals surface area contributed by atoms with E-state index in [1.807, 2.05) is 35.2 Å². The Kier molecular flexibility index (Phi) is 5.95. The van der Waals surface area contributed by atoms with Crippen molar-refractivity contribution >= 4 is 5.91 Å². The van der Waals surface area contributed by atoms with E-state index in [0.717, 1.165) is 37.4 Å². The molecule has 25 heavy (non-hydrogen) atoms. The fraction of sp³-hybridized carbons (Fsp3) is 0.421. The second-order valence-corrected chi connectivity index (χ2v) is 6.10. The summed E-state index contributed by atoms with van der Waals surface area (Å²) in [6, 6.07) is 9.56. The van der Waals surface area contributed by atoms with E-state index in [9.17, 15) is 4.79 Å². The molecule has 1 saturated heterocycles. The predicted molar refractivity (Wildman–Crippen MR) is 93.6 cm³/mol. The van der Waals surface area contributed by atoms with Crippen molar-refractivity contribution in [1.29, 1.82) is 0 Å². The highest BCUT2D eigenvalue weighted by Gasteiger charge is 2.24. The number of amides is 1. The molecule has 6 nitrogen and oxygen atoms in total. The topological polar surface area (TPSA) is 64.5 Å². The average molecular weight is 341 g/mol. The van der Waals surface area contributed by atoms with Crippen LogP contribution >= 0.6 is 0 Å². The smallest absolute Gasteiger partial charge is 0.238 e. The Morgan fingerprint density at radius 3 is 2.68 bits per heavy atom. The van der Waals surface area contributed by atoms with Gasteiger partial charge in [-0.1, -0.05) is 18.2 Å². The molecule has 0 aliphatic carbocycles. The molecule has 1 aliphatic rings. The molecule has 1 aromatic heterocycles. The van der Waals surface area contributed by atoms with Gasteiger partial charge in [0, 0.05) is 32.3 Å². The van der Waals surface area contributed by atoms with Gasteiger partial charge in [0.05, 0.1) is 24.9 Å². The van der Waals surface area contributed by atoms with E-state index in [1.165, 1.54) is 0 Å². The molecule has 1 aliphatic heterocycles. The van der Waals surface area contributed by atoms with E-state index in [0.29, 0.717) is 24.8 Å². The Hall–Kier alpha value is -2.47. The fourth-order valence-electron chi connectivity index (χ4n) is 2.99. The molecule has 0 unspecified atom stereocenters. The van der Waals surface area contributed by atoms with Crippen molar-refractivity contribution in [3.05, 3.63) is 48.4 Å². The Balaban J connectivity index is 1.58. The van der Waals surface area contributed by atoms with Crippen molar-refractivity contribution in [2.75, 3.05) is 26.8 Å². The third kappa shape index (κ3) is 4.76. The van der Waals surface area contributed by atoms with Gasteiger partial charge >= 0.3 is 0 Å². The number of carbonyl (C=O) groups is 1. The second kappa shape index (κ2) is 8.58. The van der Waals surface area contributed by atoms with Crippen LogP contribution in [0.4, 0.5) is 0 Å². The van der Waals surface area contributed by atoms with Crippen LogP contribution in [-0.4, -0.2) is 47.6 Å².